The SMILES string of the molecule is O=c1cc(-c2cc(Cl)ccc2-n2cnnn2)nc2n1C(C1=NC=C(c3ccc4c(c3F)OCCC4)C1)C1CC21. The predicted octanol–water partition coefficient (Wildman–Crippen LogP) is 4.55. The summed E-state index contributed by atoms with van der Waals surface area (Å²) in [5.41, 5.74) is 4.79. The van der Waals surface area contributed by atoms with E-state index >= 15 is 4.39 Å². The van der Waals surface area contributed by atoms with Gasteiger partial charge in [0.05, 0.1) is 24.0 Å². The van der Waals surface area contributed by atoms with E-state index < -0.39 is 0 Å². The van der Waals surface area contributed by atoms with Gasteiger partial charge in [0.2, 0.25) is 0 Å². The van der Waals surface area contributed by atoms with Crippen molar-refractivity contribution in [3.63, 3.8) is 0 Å². The minimum atomic E-state index is -0.325. The largest absolute Gasteiger partial charge is 0.490 e. The number of hydrogen-bond acceptors (Lipinski definition) is 7. The van der Waals surface area contributed by atoms with Gasteiger partial charge in [0.1, 0.15) is 12.2 Å². The van der Waals surface area contributed by atoms with Crippen molar-refractivity contribution in [2.75, 3.05) is 6.61 Å². The van der Waals surface area contributed by atoms with Crippen molar-refractivity contribution in [2.45, 2.75) is 37.6 Å². The molecule has 0 saturated heterocycles. The number of aromatic nitrogens is 6. The number of nitrogens with zero attached hydrogens (tertiary/aromatic N) is 7. The molecule has 0 bridgehead atoms. The Kier molecular flexibility index (Phi) is 4.91. The van der Waals surface area contributed by atoms with Crippen molar-refractivity contribution in [2.24, 2.45) is 10.9 Å². The van der Waals surface area contributed by atoms with Gasteiger partial charge in [0, 0.05) is 46.5 Å². The minimum Gasteiger partial charge on any atom is -0.490 e. The second-order valence-electron chi connectivity index (χ2n) is 10.4. The smallest absolute Gasteiger partial charge is 0.254 e. The van der Waals surface area contributed by atoms with Gasteiger partial charge in [-0.2, -0.15) is 4.68 Å². The fourth-order valence-corrected chi connectivity index (χ4v) is 6.42. The number of halogens is 2. The van der Waals surface area contributed by atoms with E-state index in [0.717, 1.165) is 41.9 Å². The molecule has 194 valence electrons. The highest BCUT2D eigenvalue weighted by Gasteiger charge is 2.55. The van der Waals surface area contributed by atoms with Crippen LogP contribution < -0.4 is 10.3 Å². The van der Waals surface area contributed by atoms with E-state index in [-0.39, 0.29) is 29.3 Å². The quantitative estimate of drug-likeness (QED) is 0.376. The standard InChI is InChI=1S/C28H21ClFN7O2/c29-16-4-6-23(36-13-32-34-35-36)20(9-16)21-11-24(38)37-26(18-10-19(18)28(37)33-21)22-8-15(12-31-22)17-5-3-14-2-1-7-39-27(14)25(17)30/h3-6,9,11-13,18-19,26H,1-2,7-8,10H2. The molecule has 0 amide bonds. The molecule has 8 rings (SSSR count). The van der Waals surface area contributed by atoms with Gasteiger partial charge < -0.3 is 4.74 Å². The summed E-state index contributed by atoms with van der Waals surface area (Å²) in [6.45, 7) is 0.528. The molecule has 3 unspecified atom stereocenters. The molecule has 4 aromatic rings. The maximum absolute atomic E-state index is 15.4. The number of benzene rings is 2. The summed E-state index contributed by atoms with van der Waals surface area (Å²) in [5.74, 6) is 1.21. The number of aryl methyl sites for hydroxylation is 1. The van der Waals surface area contributed by atoms with Crippen molar-refractivity contribution in [1.29, 1.82) is 0 Å². The van der Waals surface area contributed by atoms with Gasteiger partial charge in [0.25, 0.3) is 5.56 Å². The van der Waals surface area contributed by atoms with Crippen molar-refractivity contribution >= 4 is 22.9 Å². The molecule has 2 aromatic carbocycles. The molecule has 3 aliphatic heterocycles. The number of fused-ring (bicyclic) bond motifs is 4. The van der Waals surface area contributed by atoms with Gasteiger partial charge in [-0.05, 0) is 64.9 Å². The van der Waals surface area contributed by atoms with Crippen molar-refractivity contribution in [3.8, 4) is 22.7 Å². The Hall–Kier alpha value is -4.18. The van der Waals surface area contributed by atoms with Crippen LogP contribution in [-0.4, -0.2) is 42.1 Å². The van der Waals surface area contributed by atoms with Crippen LogP contribution in [0.1, 0.15) is 48.2 Å². The van der Waals surface area contributed by atoms with Gasteiger partial charge in [-0.1, -0.05) is 23.7 Å². The topological polar surface area (TPSA) is 100 Å². The average molecular weight is 542 g/mol. The van der Waals surface area contributed by atoms with E-state index in [4.69, 9.17) is 26.3 Å². The maximum Gasteiger partial charge on any atom is 0.254 e. The van der Waals surface area contributed by atoms with E-state index in [0.29, 0.717) is 46.3 Å². The summed E-state index contributed by atoms with van der Waals surface area (Å²) in [5, 5.41) is 12.0. The second-order valence-corrected chi connectivity index (χ2v) is 10.8. The van der Waals surface area contributed by atoms with Crippen LogP contribution in [-0.2, 0) is 6.42 Å². The van der Waals surface area contributed by atoms with E-state index in [2.05, 4.69) is 15.5 Å². The van der Waals surface area contributed by atoms with Crippen LogP contribution >= 0.6 is 11.6 Å². The highest BCUT2D eigenvalue weighted by molar-refractivity contribution is 6.31. The normalized spacial score (nSPS) is 22.5. The van der Waals surface area contributed by atoms with Crippen LogP contribution in [0.3, 0.4) is 0 Å². The zero-order valence-corrected chi connectivity index (χ0v) is 21.3. The maximum atomic E-state index is 15.4. The average Bonchev–Trinajstić information content (AvgIpc) is 3.28. The third kappa shape index (κ3) is 3.51. The lowest BCUT2D eigenvalue weighted by atomic mass is 9.95. The number of rotatable bonds is 4. The first-order valence-corrected chi connectivity index (χ1v) is 13.3. The summed E-state index contributed by atoms with van der Waals surface area (Å²) in [7, 11) is 0. The highest BCUT2D eigenvalue weighted by atomic mass is 35.5. The van der Waals surface area contributed by atoms with Crippen molar-refractivity contribution in [1.82, 2.24) is 29.8 Å². The summed E-state index contributed by atoms with van der Waals surface area (Å²) >= 11 is 6.32. The predicted molar refractivity (Wildman–Crippen MR) is 142 cm³/mol. The lowest BCUT2D eigenvalue weighted by Gasteiger charge is -2.21. The molecule has 2 aromatic heterocycles. The van der Waals surface area contributed by atoms with Crippen LogP contribution in [0.25, 0.3) is 22.5 Å². The molecular weight excluding hydrogens is 521 g/mol. The molecule has 1 aliphatic carbocycles. The molecule has 1 saturated carbocycles. The van der Waals surface area contributed by atoms with E-state index in [9.17, 15) is 4.79 Å². The van der Waals surface area contributed by atoms with Gasteiger partial charge in [-0.15, -0.1) is 5.10 Å². The number of ether oxygens (including phenoxy) is 1. The Morgan fingerprint density at radius 2 is 2.05 bits per heavy atom. The molecule has 0 spiro atoms. The molecule has 4 aliphatic rings. The molecule has 5 heterocycles. The zero-order chi connectivity index (χ0) is 26.2. The van der Waals surface area contributed by atoms with Crippen molar-refractivity contribution in [3.05, 3.63) is 87.1 Å². The summed E-state index contributed by atoms with van der Waals surface area (Å²) in [6.07, 6.45) is 6.35. The molecule has 9 nitrogen and oxygen atoms in total. The zero-order valence-electron chi connectivity index (χ0n) is 20.6. The number of aliphatic imine (C=N–C) groups is 1. The van der Waals surface area contributed by atoms with Gasteiger partial charge in [0.15, 0.2) is 11.6 Å². The Labute approximate surface area is 226 Å². The highest BCUT2D eigenvalue weighted by Crippen LogP contribution is 2.59. The van der Waals surface area contributed by atoms with Crippen LogP contribution in [0.15, 0.2) is 58.7 Å². The van der Waals surface area contributed by atoms with E-state index in [1.165, 1.54) is 17.1 Å². The minimum absolute atomic E-state index is 0.153. The van der Waals surface area contributed by atoms with Crippen LogP contribution in [0.4, 0.5) is 4.39 Å². The summed E-state index contributed by atoms with van der Waals surface area (Å²) in [6, 6.07) is 10.4. The lowest BCUT2D eigenvalue weighted by molar-refractivity contribution is 0.273. The first-order chi connectivity index (χ1) is 19.1. The number of tetrazole rings is 1. The molecule has 11 heteroatoms. The monoisotopic (exact) mass is 541 g/mol. The molecule has 39 heavy (non-hydrogen) atoms. The Bertz CT molecular complexity index is 1800. The fraction of sp³-hybridized carbons (Fsp3) is 0.286. The summed E-state index contributed by atoms with van der Waals surface area (Å²) in [4.78, 5) is 23.2. The third-order valence-electron chi connectivity index (χ3n) is 8.13. The van der Waals surface area contributed by atoms with E-state index in [1.807, 2.05) is 12.1 Å². The molecule has 3 atom stereocenters. The Balaban J connectivity index is 1.13. The van der Waals surface area contributed by atoms with Gasteiger partial charge in [-0.3, -0.25) is 14.4 Å². The van der Waals surface area contributed by atoms with Gasteiger partial charge >= 0.3 is 0 Å². The molecule has 1 fully saturated rings. The Morgan fingerprint density at radius 3 is 2.92 bits per heavy atom. The van der Waals surface area contributed by atoms with Gasteiger partial charge in [-0.25, -0.2) is 9.37 Å². The van der Waals surface area contributed by atoms with Crippen LogP contribution in [0, 0.1) is 11.7 Å². The molecule has 0 radical (unpaired) electrons. The van der Waals surface area contributed by atoms with Crippen LogP contribution in [0.5, 0.6) is 5.75 Å². The molecular formula is C28H21ClFN7O2. The summed E-state index contributed by atoms with van der Waals surface area (Å²) < 4.78 is 24.3. The first kappa shape index (κ1) is 22.8. The number of allylic oxidation sites excluding steroid dienone is 1. The third-order valence-corrected chi connectivity index (χ3v) is 8.36. The lowest BCUT2D eigenvalue weighted by Crippen LogP contribution is -2.30. The fourth-order valence-electron chi connectivity index (χ4n) is 6.25. The van der Waals surface area contributed by atoms with E-state index in [1.54, 1.807) is 29.0 Å². The molecule has 0 N–H and O–H groups in total. The van der Waals surface area contributed by atoms with Crippen LogP contribution in [0.2, 0.25) is 5.02 Å². The Morgan fingerprint density at radius 1 is 1.13 bits per heavy atom. The second kappa shape index (κ2) is 8.41. The first-order valence-electron chi connectivity index (χ1n) is 12.9. The number of hydrogen-bond donors (Lipinski definition) is 0. The van der Waals surface area contributed by atoms with Crippen molar-refractivity contribution < 1.29 is 9.13 Å².